The zero-order chi connectivity index (χ0) is 16.2. The first-order valence-electron chi connectivity index (χ1n) is 6.69. The average Bonchev–Trinajstić information content (AvgIpc) is 2.81. The van der Waals surface area contributed by atoms with E-state index in [4.69, 9.17) is 9.88 Å². The Morgan fingerprint density at radius 2 is 2.05 bits per heavy atom. The number of nitrogens with two attached hydrogens (primary N) is 1. The van der Waals surface area contributed by atoms with Crippen LogP contribution in [0, 0.1) is 0 Å². The second kappa shape index (κ2) is 7.01. The molecule has 8 nitrogen and oxygen atoms in total. The number of hydrogen-bond donors (Lipinski definition) is 3. The zero-order valence-electron chi connectivity index (χ0n) is 12.6. The number of ether oxygens (including phenoxy) is 1. The lowest BCUT2D eigenvalue weighted by atomic mass is 10.1. The van der Waals surface area contributed by atoms with Crippen molar-refractivity contribution in [1.82, 2.24) is 15.5 Å². The van der Waals surface area contributed by atoms with Crippen molar-refractivity contribution in [3.8, 4) is 0 Å². The number of nitrogens with one attached hydrogen (secondary N) is 2. The Balaban J connectivity index is 3.00. The minimum Gasteiger partial charge on any atom is -0.377 e. The van der Waals surface area contributed by atoms with E-state index in [1.165, 1.54) is 0 Å². The van der Waals surface area contributed by atoms with Crippen molar-refractivity contribution < 1.29 is 17.9 Å². The molecule has 9 heteroatoms. The number of aromatic amines is 1. The summed E-state index contributed by atoms with van der Waals surface area (Å²) in [5.74, 6) is -0.761. The van der Waals surface area contributed by atoms with Crippen molar-refractivity contribution in [3.05, 3.63) is 11.4 Å². The van der Waals surface area contributed by atoms with Crippen LogP contribution < -0.4 is 10.5 Å². The van der Waals surface area contributed by atoms with Gasteiger partial charge < -0.3 is 10.1 Å². The number of aromatic nitrogens is 2. The van der Waals surface area contributed by atoms with Gasteiger partial charge in [0.1, 0.15) is 4.90 Å². The Hall–Kier alpha value is -1.45. The molecule has 0 aliphatic carbocycles. The molecular weight excluding hydrogens is 296 g/mol. The predicted molar refractivity (Wildman–Crippen MR) is 77.5 cm³/mol. The molecule has 1 rings (SSSR count). The summed E-state index contributed by atoms with van der Waals surface area (Å²) in [5, 5.41) is 14.1. The maximum atomic E-state index is 12.1. The largest absolute Gasteiger partial charge is 0.377 e. The van der Waals surface area contributed by atoms with Crippen LogP contribution in [0.2, 0.25) is 0 Å². The summed E-state index contributed by atoms with van der Waals surface area (Å²) >= 11 is 0. The van der Waals surface area contributed by atoms with E-state index in [1.54, 1.807) is 20.8 Å². The van der Waals surface area contributed by atoms with Crippen LogP contribution in [-0.4, -0.2) is 43.8 Å². The van der Waals surface area contributed by atoms with Gasteiger partial charge in [-0.3, -0.25) is 9.89 Å². The second-order valence-corrected chi connectivity index (χ2v) is 6.49. The lowest BCUT2D eigenvalue weighted by Gasteiger charge is -2.12. The van der Waals surface area contributed by atoms with Crippen LogP contribution in [0.15, 0.2) is 4.90 Å². The number of nitrogens with zero attached hydrogens (tertiary/aromatic N) is 1. The van der Waals surface area contributed by atoms with Crippen molar-refractivity contribution in [1.29, 1.82) is 0 Å². The Bertz CT molecular complexity index is 594. The molecule has 0 saturated carbocycles. The van der Waals surface area contributed by atoms with Gasteiger partial charge in [-0.2, -0.15) is 5.10 Å². The van der Waals surface area contributed by atoms with E-state index in [0.29, 0.717) is 12.3 Å². The van der Waals surface area contributed by atoms with Gasteiger partial charge in [-0.15, -0.1) is 0 Å². The van der Waals surface area contributed by atoms with Crippen molar-refractivity contribution in [2.75, 3.05) is 13.2 Å². The molecule has 0 radical (unpaired) electrons. The molecule has 0 aliphatic rings. The molecule has 120 valence electrons. The molecule has 21 heavy (non-hydrogen) atoms. The van der Waals surface area contributed by atoms with Gasteiger partial charge in [0, 0.05) is 13.2 Å². The van der Waals surface area contributed by atoms with Gasteiger partial charge in [0.25, 0.3) is 5.91 Å². The first-order valence-corrected chi connectivity index (χ1v) is 8.23. The van der Waals surface area contributed by atoms with E-state index >= 15 is 0 Å². The zero-order valence-corrected chi connectivity index (χ0v) is 13.5. The van der Waals surface area contributed by atoms with Crippen molar-refractivity contribution >= 4 is 15.9 Å². The Morgan fingerprint density at radius 1 is 1.43 bits per heavy atom. The van der Waals surface area contributed by atoms with Gasteiger partial charge in [-0.05, 0) is 19.8 Å². The summed E-state index contributed by atoms with van der Waals surface area (Å²) in [7, 11) is -4.05. The Kier molecular flexibility index (Phi) is 5.87. The highest BCUT2D eigenvalue weighted by atomic mass is 32.2. The third kappa shape index (κ3) is 4.51. The predicted octanol–water partition coefficient (Wildman–Crippen LogP) is 0.335. The van der Waals surface area contributed by atoms with Gasteiger partial charge in [-0.25, -0.2) is 13.6 Å². The number of amides is 1. The number of hydrogen-bond acceptors (Lipinski definition) is 5. The van der Waals surface area contributed by atoms with E-state index in [2.05, 4.69) is 15.5 Å². The first-order chi connectivity index (χ1) is 9.68. The van der Waals surface area contributed by atoms with Gasteiger partial charge in [0.15, 0.2) is 5.69 Å². The molecule has 1 heterocycles. The molecule has 0 bridgehead atoms. The van der Waals surface area contributed by atoms with E-state index in [-0.39, 0.29) is 29.2 Å². The maximum absolute atomic E-state index is 12.1. The number of rotatable bonds is 7. The van der Waals surface area contributed by atoms with Crippen molar-refractivity contribution in [2.24, 2.45) is 5.14 Å². The van der Waals surface area contributed by atoms with E-state index in [0.717, 1.165) is 0 Å². The molecule has 1 aromatic rings. The molecule has 0 aromatic carbocycles. The number of carbonyl (C=O) groups excluding carboxylic acids is 1. The molecule has 1 atom stereocenters. The van der Waals surface area contributed by atoms with Crippen LogP contribution in [0.4, 0.5) is 0 Å². The number of H-pyrrole nitrogens is 1. The third-order valence-corrected chi connectivity index (χ3v) is 3.81. The SMILES string of the molecule is CCOC(C)CNC(=O)c1n[nH]c(C(C)C)c1S(N)(=O)=O. The average molecular weight is 318 g/mol. The number of primary sulfonamides is 1. The Labute approximate surface area is 124 Å². The van der Waals surface area contributed by atoms with Gasteiger partial charge in [0.2, 0.25) is 10.0 Å². The topological polar surface area (TPSA) is 127 Å². The van der Waals surface area contributed by atoms with Crippen LogP contribution in [0.25, 0.3) is 0 Å². The molecule has 1 aromatic heterocycles. The summed E-state index contributed by atoms with van der Waals surface area (Å²) in [6, 6.07) is 0. The highest BCUT2D eigenvalue weighted by Gasteiger charge is 2.28. The van der Waals surface area contributed by atoms with E-state index < -0.39 is 15.9 Å². The summed E-state index contributed by atoms with van der Waals surface area (Å²) in [6.45, 7) is 7.98. The fourth-order valence-corrected chi connectivity index (χ4v) is 2.84. The summed E-state index contributed by atoms with van der Waals surface area (Å²) in [5.41, 5.74) is 0.102. The van der Waals surface area contributed by atoms with Gasteiger partial charge in [-0.1, -0.05) is 13.8 Å². The van der Waals surface area contributed by atoms with Crippen LogP contribution >= 0.6 is 0 Å². The summed E-state index contributed by atoms with van der Waals surface area (Å²) in [6.07, 6.45) is -0.180. The lowest BCUT2D eigenvalue weighted by molar-refractivity contribution is 0.0692. The van der Waals surface area contributed by atoms with Gasteiger partial charge >= 0.3 is 0 Å². The molecule has 0 fully saturated rings. The molecule has 1 unspecified atom stereocenters. The van der Waals surface area contributed by atoms with Gasteiger partial charge in [0.05, 0.1) is 11.8 Å². The maximum Gasteiger partial charge on any atom is 0.273 e. The Morgan fingerprint density at radius 3 is 2.52 bits per heavy atom. The summed E-state index contributed by atoms with van der Waals surface area (Å²) < 4.78 is 28.7. The van der Waals surface area contributed by atoms with Crippen LogP contribution in [0.1, 0.15) is 49.8 Å². The normalized spacial score (nSPS) is 13.4. The molecule has 0 aliphatic heterocycles. The summed E-state index contributed by atoms with van der Waals surface area (Å²) in [4.78, 5) is 11.8. The monoisotopic (exact) mass is 318 g/mol. The highest BCUT2D eigenvalue weighted by Crippen LogP contribution is 2.23. The standard InChI is InChI=1S/C12H22N4O4S/c1-5-20-8(4)6-14-12(17)10-11(21(13,18)19)9(7(2)3)15-16-10/h7-8H,5-6H2,1-4H3,(H,14,17)(H,15,16)(H2,13,18,19). The second-order valence-electron chi connectivity index (χ2n) is 4.99. The van der Waals surface area contributed by atoms with E-state index in [1.807, 2.05) is 6.92 Å². The molecule has 4 N–H and O–H groups in total. The van der Waals surface area contributed by atoms with Crippen LogP contribution in [-0.2, 0) is 14.8 Å². The smallest absolute Gasteiger partial charge is 0.273 e. The number of carbonyl (C=O) groups is 1. The highest BCUT2D eigenvalue weighted by molar-refractivity contribution is 7.89. The quantitative estimate of drug-likeness (QED) is 0.668. The van der Waals surface area contributed by atoms with Crippen LogP contribution in [0.3, 0.4) is 0 Å². The third-order valence-electron chi connectivity index (χ3n) is 2.83. The number of sulfonamides is 1. The molecular formula is C12H22N4O4S. The van der Waals surface area contributed by atoms with E-state index in [9.17, 15) is 13.2 Å². The fourth-order valence-electron chi connectivity index (χ4n) is 1.84. The molecule has 1 amide bonds. The minimum atomic E-state index is -4.05. The molecule has 0 spiro atoms. The van der Waals surface area contributed by atoms with Crippen LogP contribution in [0.5, 0.6) is 0 Å². The molecule has 0 saturated heterocycles. The lowest BCUT2D eigenvalue weighted by Crippen LogP contribution is -2.33. The van der Waals surface area contributed by atoms with Crippen molar-refractivity contribution in [3.63, 3.8) is 0 Å². The van der Waals surface area contributed by atoms with Crippen molar-refractivity contribution in [2.45, 2.75) is 44.6 Å². The first kappa shape index (κ1) is 17.6. The fraction of sp³-hybridized carbons (Fsp3) is 0.667. The minimum absolute atomic E-state index is 0.158.